The molecule has 8 heteroatoms. The second-order valence-electron chi connectivity index (χ2n) is 5.76. The van der Waals surface area contributed by atoms with Crippen molar-refractivity contribution < 1.29 is 24.4 Å². The first-order chi connectivity index (χ1) is 10.8. The van der Waals surface area contributed by atoms with Crippen molar-refractivity contribution in [3.63, 3.8) is 0 Å². The molecule has 0 unspecified atom stereocenters. The van der Waals surface area contributed by atoms with E-state index in [1.54, 1.807) is 19.1 Å². The van der Waals surface area contributed by atoms with Crippen LogP contribution >= 0.6 is 0 Å². The fraction of sp³-hybridized carbons (Fsp3) is 0.333. The molecule has 3 rings (SSSR count). The van der Waals surface area contributed by atoms with Gasteiger partial charge in [-0.2, -0.15) is 0 Å². The quantitative estimate of drug-likeness (QED) is 0.494. The molecule has 1 amide bonds. The van der Waals surface area contributed by atoms with Crippen LogP contribution in [-0.4, -0.2) is 33.6 Å². The van der Waals surface area contributed by atoms with Crippen molar-refractivity contribution in [2.24, 2.45) is 11.8 Å². The minimum atomic E-state index is -1.11. The smallest absolute Gasteiger partial charge is 0.310 e. The Hall–Kier alpha value is -2.74. The summed E-state index contributed by atoms with van der Waals surface area (Å²) in [6, 6.07) is 5.48. The molecule has 1 saturated heterocycles. The van der Waals surface area contributed by atoms with Gasteiger partial charge in [0.1, 0.15) is 5.92 Å². The van der Waals surface area contributed by atoms with Gasteiger partial charge >= 0.3 is 5.97 Å². The number of non-ortho nitro benzene ring substituents is 1. The van der Waals surface area contributed by atoms with Crippen molar-refractivity contribution in [3.8, 4) is 0 Å². The van der Waals surface area contributed by atoms with E-state index < -0.39 is 40.3 Å². The molecule has 0 aliphatic carbocycles. The summed E-state index contributed by atoms with van der Waals surface area (Å²) in [5, 5.41) is 22.7. The van der Waals surface area contributed by atoms with E-state index in [0.717, 1.165) is 0 Å². The number of nitrogens with one attached hydrogen (secondary N) is 1. The number of hydrogen-bond donors (Lipinski definition) is 2. The van der Waals surface area contributed by atoms with Gasteiger partial charge < -0.3 is 15.2 Å². The lowest BCUT2D eigenvalue weighted by atomic mass is 9.75. The van der Waals surface area contributed by atoms with E-state index in [9.17, 15) is 24.8 Å². The third-order valence-corrected chi connectivity index (χ3v) is 4.23. The van der Waals surface area contributed by atoms with Crippen LogP contribution in [0, 0.1) is 22.0 Å². The van der Waals surface area contributed by atoms with Gasteiger partial charge in [0.2, 0.25) is 5.91 Å². The number of carboxylic acid groups (broad SMARTS) is 1. The van der Waals surface area contributed by atoms with Crippen molar-refractivity contribution in [1.82, 2.24) is 0 Å². The Morgan fingerprint density at radius 1 is 1.43 bits per heavy atom. The zero-order valence-corrected chi connectivity index (χ0v) is 12.1. The van der Waals surface area contributed by atoms with Crippen molar-refractivity contribution in [2.45, 2.75) is 18.6 Å². The molecule has 0 aromatic heterocycles. The van der Waals surface area contributed by atoms with Gasteiger partial charge in [-0.15, -0.1) is 0 Å². The van der Waals surface area contributed by atoms with Gasteiger partial charge in [-0.05, 0) is 13.0 Å². The summed E-state index contributed by atoms with van der Waals surface area (Å²) in [5.41, 5.74) is -0.907. The lowest BCUT2D eigenvalue weighted by Gasteiger charge is -2.27. The number of ether oxygens (including phenoxy) is 1. The molecule has 120 valence electrons. The van der Waals surface area contributed by atoms with E-state index in [2.05, 4.69) is 5.32 Å². The number of carbonyl (C=O) groups excluding carboxylic acids is 1. The summed E-state index contributed by atoms with van der Waals surface area (Å²) in [7, 11) is 0. The molecular formula is C15H14N2O6. The van der Waals surface area contributed by atoms with E-state index in [1.807, 2.05) is 0 Å². The highest BCUT2D eigenvalue weighted by Gasteiger charge is 2.59. The number of carboxylic acids is 1. The number of nitro benzene ring substituents is 1. The van der Waals surface area contributed by atoms with Gasteiger partial charge in [0.15, 0.2) is 0 Å². The summed E-state index contributed by atoms with van der Waals surface area (Å²) in [5.74, 6) is -3.53. The molecule has 0 spiro atoms. The van der Waals surface area contributed by atoms with E-state index in [-0.39, 0.29) is 11.4 Å². The topological polar surface area (TPSA) is 119 Å². The Labute approximate surface area is 130 Å². The normalized spacial score (nSPS) is 31.1. The molecular weight excluding hydrogens is 304 g/mol. The van der Waals surface area contributed by atoms with Gasteiger partial charge in [0.05, 0.1) is 22.5 Å². The SMILES string of the molecule is C[C@@]12C=C[C@@H](O1)[C@@H](C(=O)O)[C@@H]2C(=O)Nc1cccc([N+](=O)[O-])c1. The van der Waals surface area contributed by atoms with E-state index in [0.29, 0.717) is 0 Å². The first kappa shape index (κ1) is 15.2. The van der Waals surface area contributed by atoms with Crippen molar-refractivity contribution in [3.05, 3.63) is 46.5 Å². The summed E-state index contributed by atoms with van der Waals surface area (Å²) in [4.78, 5) is 34.2. The number of carbonyl (C=O) groups is 2. The lowest BCUT2D eigenvalue weighted by molar-refractivity contribution is -0.384. The number of hydrogen-bond acceptors (Lipinski definition) is 5. The highest BCUT2D eigenvalue weighted by atomic mass is 16.6. The van der Waals surface area contributed by atoms with Crippen LogP contribution in [0.3, 0.4) is 0 Å². The van der Waals surface area contributed by atoms with Gasteiger partial charge in [0.25, 0.3) is 5.69 Å². The average Bonchev–Trinajstić information content (AvgIpc) is 3.00. The van der Waals surface area contributed by atoms with Crippen LogP contribution in [0.5, 0.6) is 0 Å². The number of nitro groups is 1. The van der Waals surface area contributed by atoms with Crippen molar-refractivity contribution in [1.29, 1.82) is 0 Å². The number of rotatable bonds is 4. The Morgan fingerprint density at radius 2 is 2.17 bits per heavy atom. The van der Waals surface area contributed by atoms with Crippen LogP contribution in [0.25, 0.3) is 0 Å². The number of amides is 1. The maximum absolute atomic E-state index is 12.5. The van der Waals surface area contributed by atoms with E-state index >= 15 is 0 Å². The lowest BCUT2D eigenvalue weighted by Crippen LogP contribution is -2.44. The average molecular weight is 318 g/mol. The first-order valence-electron chi connectivity index (χ1n) is 6.97. The summed E-state index contributed by atoms with van der Waals surface area (Å²) < 4.78 is 5.61. The standard InChI is InChI=1S/C15H14N2O6/c1-15-6-5-10(23-15)11(14(19)20)12(15)13(18)16-8-3-2-4-9(7-8)17(21)22/h2-7,10-12H,1H3,(H,16,18)(H,19,20)/t10-,11-,12-,15+/m1/s1. The fourth-order valence-corrected chi connectivity index (χ4v) is 3.20. The van der Waals surface area contributed by atoms with E-state index in [4.69, 9.17) is 4.74 Å². The molecule has 1 fully saturated rings. The molecule has 23 heavy (non-hydrogen) atoms. The summed E-state index contributed by atoms with van der Waals surface area (Å²) in [6.07, 6.45) is 2.70. The molecule has 2 aliphatic heterocycles. The zero-order chi connectivity index (χ0) is 16.8. The second kappa shape index (κ2) is 5.17. The molecule has 1 aromatic carbocycles. The Morgan fingerprint density at radius 3 is 2.83 bits per heavy atom. The highest BCUT2D eigenvalue weighted by Crippen LogP contribution is 2.47. The molecule has 2 N–H and O–H groups in total. The number of fused-ring (bicyclic) bond motifs is 2. The highest BCUT2D eigenvalue weighted by molar-refractivity contribution is 5.97. The number of nitrogens with zero attached hydrogens (tertiary/aromatic N) is 1. The third-order valence-electron chi connectivity index (χ3n) is 4.23. The molecule has 8 nitrogen and oxygen atoms in total. The predicted octanol–water partition coefficient (Wildman–Crippen LogP) is 1.58. The number of benzene rings is 1. The molecule has 2 aliphatic rings. The summed E-state index contributed by atoms with van der Waals surface area (Å²) >= 11 is 0. The first-order valence-corrected chi connectivity index (χ1v) is 6.97. The van der Waals surface area contributed by atoms with Crippen LogP contribution in [0.15, 0.2) is 36.4 Å². The van der Waals surface area contributed by atoms with Crippen LogP contribution in [0.1, 0.15) is 6.92 Å². The number of aliphatic carboxylic acids is 1. The van der Waals surface area contributed by atoms with Gasteiger partial charge in [-0.1, -0.05) is 18.2 Å². The van der Waals surface area contributed by atoms with E-state index in [1.165, 1.54) is 24.3 Å². The largest absolute Gasteiger partial charge is 0.481 e. The van der Waals surface area contributed by atoms with Crippen LogP contribution in [-0.2, 0) is 14.3 Å². The van der Waals surface area contributed by atoms with Crippen LogP contribution in [0.4, 0.5) is 11.4 Å². The van der Waals surface area contributed by atoms with Gasteiger partial charge in [-0.3, -0.25) is 19.7 Å². The maximum Gasteiger partial charge on any atom is 0.310 e. The molecule has 0 radical (unpaired) electrons. The predicted molar refractivity (Wildman–Crippen MR) is 78.8 cm³/mol. The molecule has 2 bridgehead atoms. The zero-order valence-electron chi connectivity index (χ0n) is 12.1. The van der Waals surface area contributed by atoms with Gasteiger partial charge in [-0.25, -0.2) is 0 Å². The maximum atomic E-state index is 12.5. The Kier molecular flexibility index (Phi) is 3.41. The van der Waals surface area contributed by atoms with Gasteiger partial charge in [0, 0.05) is 17.8 Å². The van der Waals surface area contributed by atoms with Crippen LogP contribution < -0.4 is 5.32 Å². The second-order valence-corrected chi connectivity index (χ2v) is 5.76. The Balaban J connectivity index is 1.85. The van der Waals surface area contributed by atoms with Crippen molar-refractivity contribution >= 4 is 23.3 Å². The minimum absolute atomic E-state index is 0.159. The minimum Gasteiger partial charge on any atom is -0.481 e. The number of anilines is 1. The molecule has 0 saturated carbocycles. The third kappa shape index (κ3) is 2.46. The summed E-state index contributed by atoms with van der Waals surface area (Å²) in [6.45, 7) is 1.66. The fourth-order valence-electron chi connectivity index (χ4n) is 3.20. The van der Waals surface area contributed by atoms with Crippen molar-refractivity contribution in [2.75, 3.05) is 5.32 Å². The molecule has 2 heterocycles. The molecule has 4 atom stereocenters. The van der Waals surface area contributed by atoms with Crippen LogP contribution in [0.2, 0.25) is 0 Å². The Bertz CT molecular complexity index is 730. The monoisotopic (exact) mass is 318 g/mol. The molecule has 1 aromatic rings.